The second-order valence-electron chi connectivity index (χ2n) is 5.72. The number of hydrogen-bond acceptors (Lipinski definition) is 1. The van der Waals surface area contributed by atoms with Crippen LogP contribution in [0.25, 0.3) is 27.5 Å². The van der Waals surface area contributed by atoms with Crippen LogP contribution in [0.2, 0.25) is 0 Å². The van der Waals surface area contributed by atoms with E-state index in [-0.39, 0.29) is 5.43 Å². The van der Waals surface area contributed by atoms with Gasteiger partial charge in [0.2, 0.25) is 0 Å². The van der Waals surface area contributed by atoms with Gasteiger partial charge in [0.05, 0.1) is 11.0 Å². The third kappa shape index (κ3) is 2.15. The summed E-state index contributed by atoms with van der Waals surface area (Å²) in [6.07, 6.45) is 0.924. The third-order valence-electron chi connectivity index (χ3n) is 4.36. The van der Waals surface area contributed by atoms with Crippen LogP contribution in [-0.4, -0.2) is 4.57 Å². The normalized spacial score (nSPS) is 11.2. The number of pyridine rings is 1. The van der Waals surface area contributed by atoms with Crippen LogP contribution in [-0.2, 0) is 6.42 Å². The molecule has 0 unspecified atom stereocenters. The van der Waals surface area contributed by atoms with Crippen molar-refractivity contribution in [3.63, 3.8) is 0 Å². The van der Waals surface area contributed by atoms with Gasteiger partial charge in [-0.3, -0.25) is 4.79 Å². The molecule has 0 atom stereocenters. The van der Waals surface area contributed by atoms with Crippen molar-refractivity contribution in [2.45, 2.75) is 13.3 Å². The molecule has 0 aliphatic heterocycles. The summed E-state index contributed by atoms with van der Waals surface area (Å²) in [6.45, 7) is 2.11. The van der Waals surface area contributed by atoms with Gasteiger partial charge in [0, 0.05) is 16.5 Å². The number of hydrogen-bond donors (Lipinski definition) is 0. The highest BCUT2D eigenvalue weighted by Crippen LogP contribution is 2.24. The molecule has 3 aromatic carbocycles. The fourth-order valence-electron chi connectivity index (χ4n) is 3.17. The van der Waals surface area contributed by atoms with Gasteiger partial charge in [0.1, 0.15) is 0 Å². The van der Waals surface area contributed by atoms with E-state index in [1.807, 2.05) is 48.5 Å². The molecule has 2 heteroatoms. The second kappa shape index (κ2) is 5.40. The maximum Gasteiger partial charge on any atom is 0.197 e. The first kappa shape index (κ1) is 13.8. The minimum Gasteiger partial charge on any atom is -0.309 e. The van der Waals surface area contributed by atoms with Crippen LogP contribution in [0.5, 0.6) is 0 Å². The van der Waals surface area contributed by atoms with Gasteiger partial charge in [-0.2, -0.15) is 0 Å². The number of nitrogens with zero attached hydrogens (tertiary/aromatic N) is 1. The third-order valence-corrected chi connectivity index (χ3v) is 4.36. The van der Waals surface area contributed by atoms with Gasteiger partial charge in [-0.25, -0.2) is 0 Å². The van der Waals surface area contributed by atoms with Gasteiger partial charge in [0.15, 0.2) is 5.43 Å². The smallest absolute Gasteiger partial charge is 0.197 e. The average Bonchev–Trinajstić information content (AvgIpc) is 2.63. The molecule has 0 saturated carbocycles. The van der Waals surface area contributed by atoms with Crippen molar-refractivity contribution < 1.29 is 0 Å². The molecule has 0 amide bonds. The first-order chi connectivity index (χ1) is 11.3. The van der Waals surface area contributed by atoms with Gasteiger partial charge in [-0.05, 0) is 48.4 Å². The Morgan fingerprint density at radius 1 is 0.783 bits per heavy atom. The van der Waals surface area contributed by atoms with Crippen LogP contribution in [0.4, 0.5) is 0 Å². The van der Waals surface area contributed by atoms with Gasteiger partial charge >= 0.3 is 0 Å². The molecule has 0 N–H and O–H groups in total. The lowest BCUT2D eigenvalue weighted by atomic mass is 10.0. The van der Waals surface area contributed by atoms with E-state index in [9.17, 15) is 4.79 Å². The fraction of sp³-hybridized carbons (Fsp3) is 0.0952. The highest BCUT2D eigenvalue weighted by molar-refractivity contribution is 5.95. The van der Waals surface area contributed by atoms with Crippen molar-refractivity contribution in [1.82, 2.24) is 4.57 Å². The van der Waals surface area contributed by atoms with Crippen LogP contribution in [0, 0.1) is 0 Å². The number of para-hydroxylation sites is 2. The maximum atomic E-state index is 12.9. The average molecular weight is 299 g/mol. The van der Waals surface area contributed by atoms with E-state index in [1.165, 1.54) is 5.56 Å². The zero-order valence-electron chi connectivity index (χ0n) is 13.0. The maximum absolute atomic E-state index is 12.9. The Kier molecular flexibility index (Phi) is 3.23. The number of rotatable bonds is 2. The van der Waals surface area contributed by atoms with Gasteiger partial charge in [-0.1, -0.05) is 43.3 Å². The minimum absolute atomic E-state index is 0.109. The highest BCUT2D eigenvalue weighted by Gasteiger charge is 2.12. The molecule has 0 saturated heterocycles. The predicted molar refractivity (Wildman–Crippen MR) is 96.4 cm³/mol. The summed E-state index contributed by atoms with van der Waals surface area (Å²) in [5.41, 5.74) is 4.26. The van der Waals surface area contributed by atoms with E-state index in [1.54, 1.807) is 0 Å². The Balaban J connectivity index is 2.25. The molecule has 2 nitrogen and oxygen atoms in total. The summed E-state index contributed by atoms with van der Waals surface area (Å²) in [5, 5.41) is 1.55. The topological polar surface area (TPSA) is 22.0 Å². The Morgan fingerprint density at radius 2 is 1.48 bits per heavy atom. The molecule has 1 aromatic heterocycles. The van der Waals surface area contributed by atoms with E-state index < -0.39 is 0 Å². The monoisotopic (exact) mass is 299 g/mol. The van der Waals surface area contributed by atoms with E-state index >= 15 is 0 Å². The fourth-order valence-corrected chi connectivity index (χ4v) is 3.17. The molecule has 0 aliphatic rings. The van der Waals surface area contributed by atoms with Crippen LogP contribution in [0.3, 0.4) is 0 Å². The SMILES string of the molecule is CCc1ccc2c(c1)c(=O)c1ccccc1n2-c1ccccc1. The van der Waals surface area contributed by atoms with Crippen LogP contribution >= 0.6 is 0 Å². The lowest BCUT2D eigenvalue weighted by Crippen LogP contribution is -2.10. The summed E-state index contributed by atoms with van der Waals surface area (Å²) in [6, 6.07) is 24.2. The molecule has 4 rings (SSSR count). The van der Waals surface area contributed by atoms with E-state index in [2.05, 4.69) is 35.8 Å². The van der Waals surface area contributed by atoms with Crippen molar-refractivity contribution in [3.05, 3.63) is 88.6 Å². The van der Waals surface area contributed by atoms with Crippen molar-refractivity contribution >= 4 is 21.8 Å². The van der Waals surface area contributed by atoms with Gasteiger partial charge in [0.25, 0.3) is 0 Å². The summed E-state index contributed by atoms with van der Waals surface area (Å²) in [5.74, 6) is 0. The lowest BCUT2D eigenvalue weighted by molar-refractivity contribution is 1.13. The van der Waals surface area contributed by atoms with Crippen LogP contribution in [0.1, 0.15) is 12.5 Å². The lowest BCUT2D eigenvalue weighted by Gasteiger charge is -2.15. The Bertz CT molecular complexity index is 1060. The summed E-state index contributed by atoms with van der Waals surface area (Å²) in [4.78, 5) is 12.9. The minimum atomic E-state index is 0.109. The zero-order valence-corrected chi connectivity index (χ0v) is 13.0. The van der Waals surface area contributed by atoms with Gasteiger partial charge < -0.3 is 4.57 Å². The molecular weight excluding hydrogens is 282 g/mol. The molecule has 112 valence electrons. The molecule has 4 aromatic rings. The van der Waals surface area contributed by atoms with Crippen molar-refractivity contribution in [2.75, 3.05) is 0 Å². The molecule has 0 aliphatic carbocycles. The van der Waals surface area contributed by atoms with E-state index in [0.717, 1.165) is 33.9 Å². The van der Waals surface area contributed by atoms with E-state index in [4.69, 9.17) is 0 Å². The summed E-state index contributed by atoms with van der Waals surface area (Å²) < 4.78 is 2.17. The van der Waals surface area contributed by atoms with Crippen molar-refractivity contribution in [3.8, 4) is 5.69 Å². The molecule has 0 spiro atoms. The largest absolute Gasteiger partial charge is 0.309 e. The van der Waals surface area contributed by atoms with Crippen LogP contribution < -0.4 is 5.43 Å². The molecule has 0 fully saturated rings. The first-order valence-corrected chi connectivity index (χ1v) is 7.91. The summed E-state index contributed by atoms with van der Waals surface area (Å²) >= 11 is 0. The van der Waals surface area contributed by atoms with E-state index in [0.29, 0.717) is 0 Å². The quantitative estimate of drug-likeness (QED) is 0.491. The molecule has 1 heterocycles. The molecule has 23 heavy (non-hydrogen) atoms. The molecular formula is C21H17NO. The Morgan fingerprint density at radius 3 is 2.26 bits per heavy atom. The van der Waals surface area contributed by atoms with Crippen molar-refractivity contribution in [1.29, 1.82) is 0 Å². The molecule has 0 radical (unpaired) electrons. The Hall–Kier alpha value is -2.87. The molecule has 0 bridgehead atoms. The number of aromatic nitrogens is 1. The standard InChI is InChI=1S/C21H17NO/c1-2-15-12-13-20-18(14-15)21(23)17-10-6-7-11-19(17)22(20)16-8-4-3-5-9-16/h3-14H,2H2,1H3. The highest BCUT2D eigenvalue weighted by atomic mass is 16.1. The number of aryl methyl sites for hydroxylation is 1. The summed E-state index contributed by atoms with van der Waals surface area (Å²) in [7, 11) is 0. The van der Waals surface area contributed by atoms with Crippen molar-refractivity contribution in [2.24, 2.45) is 0 Å². The van der Waals surface area contributed by atoms with Crippen LogP contribution in [0.15, 0.2) is 77.6 Å². The second-order valence-corrected chi connectivity index (χ2v) is 5.72. The predicted octanol–water partition coefficient (Wildman–Crippen LogP) is 4.71. The van der Waals surface area contributed by atoms with Gasteiger partial charge in [-0.15, -0.1) is 0 Å². The zero-order chi connectivity index (χ0) is 15.8. The first-order valence-electron chi connectivity index (χ1n) is 7.91. The number of fused-ring (bicyclic) bond motifs is 2. The number of benzene rings is 3. The Labute approximate surface area is 134 Å².